The quantitative estimate of drug-likeness (QED) is 0.785. The van der Waals surface area contributed by atoms with Crippen molar-refractivity contribution in [2.24, 2.45) is 5.92 Å². The minimum atomic E-state index is 0.772. The molecular weight excluding hydrogens is 246 g/mol. The largest absolute Gasteiger partial charge is 0.304 e. The Morgan fingerprint density at radius 1 is 0.950 bits per heavy atom. The molecule has 0 spiro atoms. The molecular formula is C17H33N3. The normalized spacial score (nSPS) is 35.1. The number of piperidine rings is 2. The monoisotopic (exact) mass is 279 g/mol. The summed E-state index contributed by atoms with van der Waals surface area (Å²) < 4.78 is 0. The molecule has 0 amide bonds. The molecule has 0 aliphatic carbocycles. The number of likely N-dealkylation sites (tertiary alicyclic amines) is 1. The second-order valence-electron chi connectivity index (χ2n) is 7.33. The molecule has 2 atom stereocenters. The van der Waals surface area contributed by atoms with Crippen LogP contribution in [0.15, 0.2) is 0 Å². The van der Waals surface area contributed by atoms with Crippen LogP contribution in [0.25, 0.3) is 0 Å². The number of piperazine rings is 1. The van der Waals surface area contributed by atoms with Crippen molar-refractivity contribution in [2.45, 2.75) is 58.0 Å². The number of nitrogens with zero attached hydrogens (tertiary/aromatic N) is 3. The molecule has 3 rings (SSSR count). The van der Waals surface area contributed by atoms with Crippen molar-refractivity contribution in [1.82, 2.24) is 14.7 Å². The van der Waals surface area contributed by atoms with Crippen LogP contribution in [0.1, 0.15) is 46.0 Å². The smallest absolute Gasteiger partial charge is 0.0223 e. The molecule has 0 bridgehead atoms. The van der Waals surface area contributed by atoms with Gasteiger partial charge in [-0.05, 0) is 64.7 Å². The third kappa shape index (κ3) is 3.37. The van der Waals surface area contributed by atoms with E-state index in [9.17, 15) is 0 Å². The summed E-state index contributed by atoms with van der Waals surface area (Å²) in [6, 6.07) is 1.64. The molecule has 3 heterocycles. The summed E-state index contributed by atoms with van der Waals surface area (Å²) in [5.74, 6) is 0.954. The zero-order valence-electron chi connectivity index (χ0n) is 13.6. The number of hydrogen-bond donors (Lipinski definition) is 0. The number of rotatable bonds is 3. The Kier molecular flexibility index (Phi) is 5.00. The fourth-order valence-corrected chi connectivity index (χ4v) is 4.48. The second kappa shape index (κ2) is 6.76. The minimum Gasteiger partial charge on any atom is -0.304 e. The van der Waals surface area contributed by atoms with Crippen molar-refractivity contribution in [2.75, 3.05) is 45.8 Å². The maximum atomic E-state index is 2.82. The highest BCUT2D eigenvalue weighted by Gasteiger charge is 2.34. The van der Waals surface area contributed by atoms with Crippen LogP contribution < -0.4 is 0 Å². The first-order chi connectivity index (χ1) is 9.76. The molecule has 0 aromatic carbocycles. The molecule has 2 unspecified atom stereocenters. The highest BCUT2D eigenvalue weighted by molar-refractivity contribution is 4.90. The lowest BCUT2D eigenvalue weighted by atomic mass is 9.92. The summed E-state index contributed by atoms with van der Waals surface area (Å²) in [7, 11) is 0. The van der Waals surface area contributed by atoms with Gasteiger partial charge in [-0.1, -0.05) is 13.3 Å². The molecule has 0 aromatic rings. The lowest BCUT2D eigenvalue weighted by molar-refractivity contribution is 0.00232. The van der Waals surface area contributed by atoms with Crippen LogP contribution in [0.2, 0.25) is 0 Å². The van der Waals surface area contributed by atoms with Gasteiger partial charge in [0.2, 0.25) is 0 Å². The Labute approximate surface area is 125 Å². The molecule has 116 valence electrons. The summed E-state index contributed by atoms with van der Waals surface area (Å²) >= 11 is 0. The fraction of sp³-hybridized carbons (Fsp3) is 1.00. The van der Waals surface area contributed by atoms with Gasteiger partial charge in [0.05, 0.1) is 0 Å². The van der Waals surface area contributed by atoms with E-state index in [-0.39, 0.29) is 0 Å². The number of fused-ring (bicyclic) bond motifs is 1. The van der Waals surface area contributed by atoms with Gasteiger partial charge in [0.25, 0.3) is 0 Å². The maximum absolute atomic E-state index is 2.82. The van der Waals surface area contributed by atoms with Crippen LogP contribution in [0, 0.1) is 5.92 Å². The summed E-state index contributed by atoms with van der Waals surface area (Å²) in [6.07, 6.45) is 7.17. The molecule has 3 fully saturated rings. The van der Waals surface area contributed by atoms with Gasteiger partial charge in [0, 0.05) is 31.7 Å². The van der Waals surface area contributed by atoms with Gasteiger partial charge < -0.3 is 4.90 Å². The number of hydrogen-bond acceptors (Lipinski definition) is 3. The zero-order chi connectivity index (χ0) is 13.9. The van der Waals surface area contributed by atoms with Crippen LogP contribution in [-0.2, 0) is 0 Å². The lowest BCUT2D eigenvalue weighted by Crippen LogP contribution is -2.59. The average molecular weight is 279 g/mol. The van der Waals surface area contributed by atoms with Crippen molar-refractivity contribution in [3.8, 4) is 0 Å². The van der Waals surface area contributed by atoms with Crippen LogP contribution in [-0.4, -0.2) is 72.6 Å². The Hall–Kier alpha value is -0.120. The van der Waals surface area contributed by atoms with E-state index in [0.717, 1.165) is 18.0 Å². The summed E-state index contributed by atoms with van der Waals surface area (Å²) in [4.78, 5) is 8.20. The Balaban J connectivity index is 1.49. The van der Waals surface area contributed by atoms with Crippen molar-refractivity contribution >= 4 is 0 Å². The summed E-state index contributed by atoms with van der Waals surface area (Å²) in [6.45, 7) is 14.0. The van der Waals surface area contributed by atoms with Gasteiger partial charge >= 0.3 is 0 Å². The van der Waals surface area contributed by atoms with Gasteiger partial charge in [0.15, 0.2) is 0 Å². The molecule has 3 aliphatic rings. The zero-order valence-corrected chi connectivity index (χ0v) is 13.6. The van der Waals surface area contributed by atoms with Gasteiger partial charge in [-0.15, -0.1) is 0 Å². The molecule has 3 heteroatoms. The average Bonchev–Trinajstić information content (AvgIpc) is 2.49. The lowest BCUT2D eigenvalue weighted by Gasteiger charge is -2.48. The maximum Gasteiger partial charge on any atom is 0.0223 e. The van der Waals surface area contributed by atoms with Crippen molar-refractivity contribution in [3.63, 3.8) is 0 Å². The molecule has 20 heavy (non-hydrogen) atoms. The van der Waals surface area contributed by atoms with E-state index in [1.54, 1.807) is 0 Å². The molecule has 3 saturated heterocycles. The molecule has 0 saturated carbocycles. The first-order valence-corrected chi connectivity index (χ1v) is 8.96. The van der Waals surface area contributed by atoms with Gasteiger partial charge in [-0.3, -0.25) is 9.80 Å². The van der Waals surface area contributed by atoms with Gasteiger partial charge in [-0.25, -0.2) is 0 Å². The molecule has 3 nitrogen and oxygen atoms in total. The van der Waals surface area contributed by atoms with Gasteiger partial charge in [0.1, 0.15) is 0 Å². The summed E-state index contributed by atoms with van der Waals surface area (Å²) in [5, 5.41) is 0. The predicted octanol–water partition coefficient (Wildman–Crippen LogP) is 2.28. The minimum absolute atomic E-state index is 0.772. The van der Waals surface area contributed by atoms with E-state index in [2.05, 4.69) is 28.5 Å². The van der Waals surface area contributed by atoms with E-state index in [1.165, 1.54) is 77.9 Å². The highest BCUT2D eigenvalue weighted by Crippen LogP contribution is 2.26. The Morgan fingerprint density at radius 3 is 2.50 bits per heavy atom. The Morgan fingerprint density at radius 2 is 1.75 bits per heavy atom. The molecule has 0 N–H and O–H groups in total. The third-order valence-corrected chi connectivity index (χ3v) is 5.96. The topological polar surface area (TPSA) is 9.72 Å². The molecule has 3 aliphatic heterocycles. The van der Waals surface area contributed by atoms with Crippen molar-refractivity contribution in [1.29, 1.82) is 0 Å². The van der Waals surface area contributed by atoms with Crippen molar-refractivity contribution < 1.29 is 0 Å². The van der Waals surface area contributed by atoms with Crippen molar-refractivity contribution in [3.05, 3.63) is 0 Å². The van der Waals surface area contributed by atoms with E-state index in [0.29, 0.717) is 0 Å². The fourth-order valence-electron chi connectivity index (χ4n) is 4.48. The van der Waals surface area contributed by atoms with E-state index >= 15 is 0 Å². The SMILES string of the molecule is CCN1CCC(CN2CC3CCCCN3CC2C)CC1. The van der Waals surface area contributed by atoms with E-state index in [1.807, 2.05) is 0 Å². The van der Waals surface area contributed by atoms with E-state index < -0.39 is 0 Å². The van der Waals surface area contributed by atoms with Gasteiger partial charge in [-0.2, -0.15) is 0 Å². The third-order valence-electron chi connectivity index (χ3n) is 5.96. The predicted molar refractivity (Wildman–Crippen MR) is 85.1 cm³/mol. The molecule has 0 aromatic heterocycles. The van der Waals surface area contributed by atoms with Crippen LogP contribution in [0.5, 0.6) is 0 Å². The first-order valence-electron chi connectivity index (χ1n) is 8.96. The van der Waals surface area contributed by atoms with Crippen LogP contribution in [0.3, 0.4) is 0 Å². The highest BCUT2D eigenvalue weighted by atomic mass is 15.3. The molecule has 0 radical (unpaired) electrons. The Bertz CT molecular complexity index is 299. The first kappa shape index (κ1) is 14.8. The summed E-state index contributed by atoms with van der Waals surface area (Å²) in [5.41, 5.74) is 0. The van der Waals surface area contributed by atoms with Crippen LogP contribution in [0.4, 0.5) is 0 Å². The van der Waals surface area contributed by atoms with Crippen LogP contribution >= 0.6 is 0 Å². The second-order valence-corrected chi connectivity index (χ2v) is 7.33. The van der Waals surface area contributed by atoms with E-state index in [4.69, 9.17) is 0 Å². The standard InChI is InChI=1S/C17H33N3/c1-3-18-10-7-16(8-11-18)13-20-14-17-6-4-5-9-19(17)12-15(20)2/h15-17H,3-14H2,1-2H3.